The molecule has 0 atom stereocenters. The highest BCUT2D eigenvalue weighted by Crippen LogP contribution is 2.28. The third-order valence-electron chi connectivity index (χ3n) is 2.40. The summed E-state index contributed by atoms with van der Waals surface area (Å²) in [6.45, 7) is 6.40. The molecule has 0 amide bonds. The molecule has 1 N–H and O–H groups in total. The van der Waals surface area contributed by atoms with E-state index >= 15 is 0 Å². The van der Waals surface area contributed by atoms with Crippen LogP contribution in [0.5, 0.6) is 0 Å². The molecule has 1 aromatic heterocycles. The lowest BCUT2D eigenvalue weighted by Crippen LogP contribution is -2.02. The second kappa shape index (κ2) is 5.59. The van der Waals surface area contributed by atoms with Crippen molar-refractivity contribution in [1.82, 2.24) is 9.55 Å². The lowest BCUT2D eigenvalue weighted by Gasteiger charge is -2.09. The second-order valence-electron chi connectivity index (χ2n) is 3.90. The fourth-order valence-corrected chi connectivity index (χ4v) is 2.16. The summed E-state index contributed by atoms with van der Waals surface area (Å²) in [7, 11) is 0. The van der Waals surface area contributed by atoms with E-state index in [1.165, 1.54) is 0 Å². The number of benzene rings is 1. The molecule has 18 heavy (non-hydrogen) atoms. The van der Waals surface area contributed by atoms with Gasteiger partial charge in [0.05, 0.1) is 11.4 Å². The SMILES string of the molecule is C=CCn1cc(C)nc1Nc1cc(Cl)ccc1Br. The summed E-state index contributed by atoms with van der Waals surface area (Å²) in [6, 6.07) is 5.59. The first-order chi connectivity index (χ1) is 8.60. The topological polar surface area (TPSA) is 29.9 Å². The molecule has 0 unspecified atom stereocenters. The molecule has 0 aliphatic rings. The van der Waals surface area contributed by atoms with Crippen molar-refractivity contribution >= 4 is 39.2 Å². The van der Waals surface area contributed by atoms with E-state index in [1.807, 2.05) is 42.0 Å². The Hall–Kier alpha value is -1.26. The van der Waals surface area contributed by atoms with E-state index < -0.39 is 0 Å². The fraction of sp³-hybridized carbons (Fsp3) is 0.154. The minimum atomic E-state index is 0.680. The van der Waals surface area contributed by atoms with Gasteiger partial charge in [-0.05, 0) is 41.1 Å². The van der Waals surface area contributed by atoms with Gasteiger partial charge in [0.15, 0.2) is 0 Å². The first kappa shape index (κ1) is 13.2. The summed E-state index contributed by atoms with van der Waals surface area (Å²) in [4.78, 5) is 4.44. The Morgan fingerprint density at radius 2 is 2.33 bits per heavy atom. The summed E-state index contributed by atoms with van der Waals surface area (Å²) in [5, 5.41) is 3.94. The third kappa shape index (κ3) is 2.94. The summed E-state index contributed by atoms with van der Waals surface area (Å²) in [6.07, 6.45) is 3.81. The highest BCUT2D eigenvalue weighted by molar-refractivity contribution is 9.10. The van der Waals surface area contributed by atoms with E-state index in [0.717, 1.165) is 21.8 Å². The minimum absolute atomic E-state index is 0.680. The molecule has 1 aromatic carbocycles. The largest absolute Gasteiger partial charge is 0.325 e. The molecule has 2 aromatic rings. The summed E-state index contributed by atoms with van der Waals surface area (Å²) in [5.41, 5.74) is 1.84. The van der Waals surface area contributed by atoms with Crippen LogP contribution in [0.2, 0.25) is 5.02 Å². The van der Waals surface area contributed by atoms with Crippen molar-refractivity contribution in [3.63, 3.8) is 0 Å². The molecule has 0 fully saturated rings. The monoisotopic (exact) mass is 325 g/mol. The van der Waals surface area contributed by atoms with Gasteiger partial charge in [-0.2, -0.15) is 0 Å². The van der Waals surface area contributed by atoms with Crippen molar-refractivity contribution in [2.45, 2.75) is 13.5 Å². The van der Waals surface area contributed by atoms with Crippen LogP contribution < -0.4 is 5.32 Å². The average molecular weight is 327 g/mol. The minimum Gasteiger partial charge on any atom is -0.325 e. The average Bonchev–Trinajstić information content (AvgIpc) is 2.65. The molecule has 0 spiro atoms. The molecule has 0 aliphatic heterocycles. The number of anilines is 2. The number of aromatic nitrogens is 2. The molecule has 94 valence electrons. The van der Waals surface area contributed by atoms with Gasteiger partial charge >= 0.3 is 0 Å². The van der Waals surface area contributed by atoms with Gasteiger partial charge in [-0.1, -0.05) is 17.7 Å². The van der Waals surface area contributed by atoms with Crippen LogP contribution in [0.25, 0.3) is 0 Å². The van der Waals surface area contributed by atoms with Gasteiger partial charge in [0.25, 0.3) is 0 Å². The summed E-state index contributed by atoms with van der Waals surface area (Å²) >= 11 is 9.46. The Bertz CT molecular complexity index is 578. The third-order valence-corrected chi connectivity index (χ3v) is 3.32. The predicted molar refractivity (Wildman–Crippen MR) is 79.6 cm³/mol. The smallest absolute Gasteiger partial charge is 0.207 e. The number of hydrogen-bond donors (Lipinski definition) is 1. The molecular weight excluding hydrogens is 314 g/mol. The Labute approximate surface area is 120 Å². The molecule has 3 nitrogen and oxygen atoms in total. The van der Waals surface area contributed by atoms with Crippen LogP contribution in [0.15, 0.2) is 41.5 Å². The quantitative estimate of drug-likeness (QED) is 0.836. The normalized spacial score (nSPS) is 10.4. The van der Waals surface area contributed by atoms with Crippen molar-refractivity contribution < 1.29 is 0 Å². The Morgan fingerprint density at radius 1 is 1.56 bits per heavy atom. The fourth-order valence-electron chi connectivity index (χ4n) is 1.64. The molecule has 0 aliphatic carbocycles. The highest BCUT2D eigenvalue weighted by atomic mass is 79.9. The van der Waals surface area contributed by atoms with Gasteiger partial charge in [-0.25, -0.2) is 4.98 Å². The van der Waals surface area contributed by atoms with Gasteiger partial charge in [0.1, 0.15) is 0 Å². The number of halogens is 2. The van der Waals surface area contributed by atoms with E-state index in [4.69, 9.17) is 11.6 Å². The number of hydrogen-bond acceptors (Lipinski definition) is 2. The molecule has 0 radical (unpaired) electrons. The Kier molecular flexibility index (Phi) is 4.09. The van der Waals surface area contributed by atoms with Crippen LogP contribution >= 0.6 is 27.5 Å². The second-order valence-corrected chi connectivity index (χ2v) is 5.19. The molecule has 1 heterocycles. The standard InChI is InChI=1S/C13H13BrClN3/c1-3-6-18-8-9(2)16-13(18)17-12-7-10(15)4-5-11(12)14/h3-5,7-8H,1,6H2,2H3,(H,16,17). The number of rotatable bonds is 4. The Balaban J connectivity index is 2.33. The van der Waals surface area contributed by atoms with Gasteiger partial charge in [0.2, 0.25) is 5.95 Å². The molecule has 0 bridgehead atoms. The lowest BCUT2D eigenvalue weighted by atomic mass is 10.3. The molecular formula is C13H13BrClN3. The van der Waals surface area contributed by atoms with Crippen LogP contribution in [0.3, 0.4) is 0 Å². The number of aryl methyl sites for hydroxylation is 1. The van der Waals surface area contributed by atoms with E-state index in [9.17, 15) is 0 Å². The zero-order chi connectivity index (χ0) is 13.1. The van der Waals surface area contributed by atoms with Gasteiger partial charge in [-0.15, -0.1) is 6.58 Å². The maximum atomic E-state index is 5.98. The summed E-state index contributed by atoms with van der Waals surface area (Å²) in [5.74, 6) is 0.773. The number of imidazole rings is 1. The first-order valence-corrected chi connectivity index (χ1v) is 6.64. The zero-order valence-corrected chi connectivity index (χ0v) is 12.3. The maximum Gasteiger partial charge on any atom is 0.207 e. The van der Waals surface area contributed by atoms with E-state index in [2.05, 4.69) is 32.8 Å². The van der Waals surface area contributed by atoms with Crippen LogP contribution in [0, 0.1) is 6.92 Å². The number of nitrogens with one attached hydrogen (secondary N) is 1. The van der Waals surface area contributed by atoms with E-state index in [1.54, 1.807) is 0 Å². The Morgan fingerprint density at radius 3 is 3.06 bits per heavy atom. The van der Waals surface area contributed by atoms with Gasteiger partial charge < -0.3 is 9.88 Å². The highest BCUT2D eigenvalue weighted by Gasteiger charge is 2.07. The van der Waals surface area contributed by atoms with Crippen molar-refractivity contribution in [2.75, 3.05) is 5.32 Å². The van der Waals surface area contributed by atoms with E-state index in [-0.39, 0.29) is 0 Å². The molecule has 0 saturated heterocycles. The number of nitrogens with zero attached hydrogens (tertiary/aromatic N) is 2. The van der Waals surface area contributed by atoms with Gasteiger partial charge in [-0.3, -0.25) is 0 Å². The molecule has 2 rings (SSSR count). The number of allylic oxidation sites excluding steroid dienone is 1. The van der Waals surface area contributed by atoms with Crippen molar-refractivity contribution in [2.24, 2.45) is 0 Å². The zero-order valence-electron chi connectivity index (χ0n) is 9.95. The van der Waals surface area contributed by atoms with Crippen LogP contribution in [-0.4, -0.2) is 9.55 Å². The summed E-state index contributed by atoms with van der Waals surface area (Å²) < 4.78 is 2.94. The van der Waals surface area contributed by atoms with Gasteiger partial charge in [0, 0.05) is 22.2 Å². The van der Waals surface area contributed by atoms with Crippen molar-refractivity contribution in [3.8, 4) is 0 Å². The van der Waals surface area contributed by atoms with Crippen molar-refractivity contribution in [1.29, 1.82) is 0 Å². The van der Waals surface area contributed by atoms with Crippen molar-refractivity contribution in [3.05, 3.63) is 52.2 Å². The molecule has 0 saturated carbocycles. The van der Waals surface area contributed by atoms with E-state index in [0.29, 0.717) is 11.6 Å². The van der Waals surface area contributed by atoms with Crippen LogP contribution in [-0.2, 0) is 6.54 Å². The first-order valence-electron chi connectivity index (χ1n) is 5.47. The predicted octanol–water partition coefficient (Wildman–Crippen LogP) is 4.54. The molecule has 5 heteroatoms. The van der Waals surface area contributed by atoms with Crippen LogP contribution in [0.1, 0.15) is 5.69 Å². The van der Waals surface area contributed by atoms with Crippen LogP contribution in [0.4, 0.5) is 11.6 Å². The maximum absolute atomic E-state index is 5.98. The lowest BCUT2D eigenvalue weighted by molar-refractivity contribution is 0.832.